The summed E-state index contributed by atoms with van der Waals surface area (Å²) in [6.45, 7) is 1.82. The van der Waals surface area contributed by atoms with Gasteiger partial charge in [0, 0.05) is 0 Å². The van der Waals surface area contributed by atoms with Gasteiger partial charge in [-0.05, 0) is 19.1 Å². The number of aryl methyl sites for hydroxylation is 1. The fraction of sp³-hybridized carbons (Fsp3) is 0.143. The predicted octanol–water partition coefficient (Wildman–Crippen LogP) is -2.10. The minimum atomic E-state index is -4.27. The molecule has 0 N–H and O–H groups in total. The standard InChI is InChI=1S/C7H8O3S.BrH.2Cu/c1-6-2-4-7(5-3-6)11(8,9)10;;;/h2-5H,1H3,(H,8,9,10);1H;;/q;;2*+1/p-2. The zero-order chi connectivity index (χ0) is 8.48. The summed E-state index contributed by atoms with van der Waals surface area (Å²) >= 11 is 0. The third-order valence-corrected chi connectivity index (χ3v) is 2.16. The molecule has 0 fully saturated rings. The molecule has 14 heavy (non-hydrogen) atoms. The molecule has 1 aromatic carbocycles. The molecule has 7 heteroatoms. The van der Waals surface area contributed by atoms with Crippen LogP contribution in [-0.2, 0) is 44.3 Å². The van der Waals surface area contributed by atoms with Gasteiger partial charge in [-0.3, -0.25) is 0 Å². The van der Waals surface area contributed by atoms with Crippen molar-refractivity contribution in [1.29, 1.82) is 0 Å². The van der Waals surface area contributed by atoms with Gasteiger partial charge in [-0.25, -0.2) is 8.42 Å². The van der Waals surface area contributed by atoms with Crippen molar-refractivity contribution in [3.63, 3.8) is 0 Å². The third kappa shape index (κ3) is 6.19. The van der Waals surface area contributed by atoms with Gasteiger partial charge in [0.05, 0.1) is 4.90 Å². The minimum Gasteiger partial charge on any atom is -1.00 e. The van der Waals surface area contributed by atoms with Crippen molar-refractivity contribution in [2.24, 2.45) is 0 Å². The Morgan fingerprint density at radius 3 is 1.71 bits per heavy atom. The van der Waals surface area contributed by atoms with Gasteiger partial charge in [0.2, 0.25) is 0 Å². The van der Waals surface area contributed by atoms with Crippen LogP contribution in [0.2, 0.25) is 0 Å². The molecule has 0 unspecified atom stereocenters. The zero-order valence-corrected chi connectivity index (χ0v) is 11.2. The molecule has 3 nitrogen and oxygen atoms in total. The minimum absolute atomic E-state index is 0. The summed E-state index contributed by atoms with van der Waals surface area (Å²) in [5, 5.41) is 0. The van der Waals surface area contributed by atoms with Gasteiger partial charge in [-0.1, -0.05) is 17.7 Å². The molecule has 0 aromatic heterocycles. The topological polar surface area (TPSA) is 57.2 Å². The van der Waals surface area contributed by atoms with Crippen molar-refractivity contribution in [3.05, 3.63) is 29.8 Å². The largest absolute Gasteiger partial charge is 1.00 e. The zero-order valence-electron chi connectivity index (χ0n) is 6.92. The van der Waals surface area contributed by atoms with Crippen LogP contribution in [0.3, 0.4) is 0 Å². The van der Waals surface area contributed by atoms with Gasteiger partial charge in [0.1, 0.15) is 10.1 Å². The Labute approximate surface area is 115 Å². The van der Waals surface area contributed by atoms with Crippen LogP contribution in [0.25, 0.3) is 0 Å². The van der Waals surface area contributed by atoms with Crippen molar-refractivity contribution in [1.82, 2.24) is 0 Å². The molecule has 0 saturated carbocycles. The molecule has 88 valence electrons. The second-order valence-corrected chi connectivity index (χ2v) is 3.65. The van der Waals surface area contributed by atoms with E-state index in [-0.39, 0.29) is 56.0 Å². The van der Waals surface area contributed by atoms with Crippen LogP contribution in [0.1, 0.15) is 5.56 Å². The maximum absolute atomic E-state index is 10.4. The van der Waals surface area contributed by atoms with E-state index in [1.807, 2.05) is 6.92 Å². The Kier molecular flexibility index (Phi) is 11.3. The average Bonchev–Trinajstić information content (AvgIpc) is 1.86. The molecule has 0 aliphatic rings. The first-order valence-corrected chi connectivity index (χ1v) is 4.43. The number of hydrogen-bond acceptors (Lipinski definition) is 3. The normalized spacial score (nSPS) is 9.00. The quantitative estimate of drug-likeness (QED) is 0.416. The van der Waals surface area contributed by atoms with Crippen molar-refractivity contribution in [3.8, 4) is 0 Å². The van der Waals surface area contributed by atoms with Gasteiger partial charge in [-0.15, -0.1) is 0 Å². The van der Waals surface area contributed by atoms with E-state index in [1.54, 1.807) is 12.1 Å². The summed E-state index contributed by atoms with van der Waals surface area (Å²) in [5.41, 5.74) is 0.928. The van der Waals surface area contributed by atoms with E-state index in [1.165, 1.54) is 12.1 Å². The summed E-state index contributed by atoms with van der Waals surface area (Å²) in [6, 6.07) is 5.78. The first-order valence-electron chi connectivity index (χ1n) is 3.03. The van der Waals surface area contributed by atoms with Crippen LogP contribution in [-0.4, -0.2) is 13.0 Å². The van der Waals surface area contributed by atoms with E-state index in [9.17, 15) is 13.0 Å². The first-order chi connectivity index (χ1) is 5.00. The van der Waals surface area contributed by atoms with Gasteiger partial charge >= 0.3 is 34.1 Å². The number of hydrogen-bond donors (Lipinski definition) is 0. The molecule has 0 bridgehead atoms. The van der Waals surface area contributed by atoms with Crippen LogP contribution in [0.5, 0.6) is 0 Å². The molecule has 0 aliphatic carbocycles. The van der Waals surface area contributed by atoms with Gasteiger partial charge in [-0.2, -0.15) is 0 Å². The number of halogens is 1. The summed E-state index contributed by atoms with van der Waals surface area (Å²) in [5.74, 6) is 0. The average molecular weight is 378 g/mol. The van der Waals surface area contributed by atoms with E-state index in [0.29, 0.717) is 0 Å². The summed E-state index contributed by atoms with van der Waals surface area (Å²) in [4.78, 5) is -0.178. The Morgan fingerprint density at radius 2 is 1.43 bits per heavy atom. The molecule has 0 aliphatic heterocycles. The Morgan fingerprint density at radius 1 is 1.07 bits per heavy atom. The summed E-state index contributed by atoms with van der Waals surface area (Å²) in [6.07, 6.45) is 0. The van der Waals surface area contributed by atoms with Crippen molar-refractivity contribution >= 4 is 10.1 Å². The van der Waals surface area contributed by atoms with Crippen molar-refractivity contribution in [2.45, 2.75) is 11.8 Å². The molecular weight excluding hydrogens is 371 g/mol. The molecule has 0 radical (unpaired) electrons. The first kappa shape index (κ1) is 20.1. The van der Waals surface area contributed by atoms with Gasteiger partial charge < -0.3 is 21.5 Å². The SMILES string of the molecule is Cc1ccc(S(=O)(=O)[O-])cc1.[Br-].[Cu+].[Cu+]. The molecule has 1 rings (SSSR count). The fourth-order valence-electron chi connectivity index (χ4n) is 0.705. The van der Waals surface area contributed by atoms with Crippen LogP contribution in [0.4, 0.5) is 0 Å². The number of rotatable bonds is 1. The fourth-order valence-corrected chi connectivity index (χ4v) is 1.17. The molecule has 0 heterocycles. The summed E-state index contributed by atoms with van der Waals surface area (Å²) in [7, 11) is -4.27. The smallest absolute Gasteiger partial charge is 1.00 e. The second-order valence-electron chi connectivity index (χ2n) is 2.27. The van der Waals surface area contributed by atoms with Gasteiger partial charge in [0.15, 0.2) is 0 Å². The molecule has 0 spiro atoms. The Balaban J connectivity index is -0.000000403. The molecule has 0 saturated heterocycles. The molecule has 1 aromatic rings. The van der Waals surface area contributed by atoms with Crippen LogP contribution in [0.15, 0.2) is 29.2 Å². The van der Waals surface area contributed by atoms with Gasteiger partial charge in [0.25, 0.3) is 0 Å². The van der Waals surface area contributed by atoms with E-state index in [0.717, 1.165) is 5.56 Å². The van der Waals surface area contributed by atoms with E-state index >= 15 is 0 Å². The Bertz CT molecular complexity index is 350. The molecule has 0 amide bonds. The van der Waals surface area contributed by atoms with E-state index < -0.39 is 10.1 Å². The Hall–Kier alpha value is 0.649. The second kappa shape index (κ2) is 7.88. The molecule has 0 atom stereocenters. The van der Waals surface area contributed by atoms with Crippen LogP contribution in [0, 0.1) is 6.92 Å². The van der Waals surface area contributed by atoms with Crippen LogP contribution < -0.4 is 17.0 Å². The van der Waals surface area contributed by atoms with E-state index in [4.69, 9.17) is 0 Å². The monoisotopic (exact) mass is 376 g/mol. The van der Waals surface area contributed by atoms with E-state index in [2.05, 4.69) is 0 Å². The number of benzene rings is 1. The third-order valence-electron chi connectivity index (χ3n) is 1.31. The maximum atomic E-state index is 10.4. The predicted molar refractivity (Wildman–Crippen MR) is 39.1 cm³/mol. The summed E-state index contributed by atoms with van der Waals surface area (Å²) < 4.78 is 31.2. The molecular formula is C7H7BrCu2O3S. The maximum Gasteiger partial charge on any atom is 1.00 e. The van der Waals surface area contributed by atoms with Crippen molar-refractivity contribution in [2.75, 3.05) is 0 Å². The van der Waals surface area contributed by atoms with Crippen molar-refractivity contribution < 1.29 is 64.1 Å². The van der Waals surface area contributed by atoms with Crippen LogP contribution >= 0.6 is 0 Å².